The highest BCUT2D eigenvalue weighted by Gasteiger charge is 2.41. The minimum Gasteiger partial charge on any atom is -0.367 e. The largest absolute Gasteiger partial charge is 0.367 e. The summed E-state index contributed by atoms with van der Waals surface area (Å²) in [5.41, 5.74) is -0.0190. The summed E-state index contributed by atoms with van der Waals surface area (Å²) in [6.45, 7) is 6.45. The quantitative estimate of drug-likeness (QED) is 0.846. The van der Waals surface area contributed by atoms with Crippen molar-refractivity contribution in [1.82, 2.24) is 9.97 Å². The third kappa shape index (κ3) is 3.28. The zero-order valence-electron chi connectivity index (χ0n) is 11.9. The second kappa shape index (κ2) is 4.72. The molecule has 104 valence electrons. The van der Waals surface area contributed by atoms with E-state index in [2.05, 4.69) is 47.0 Å². The van der Waals surface area contributed by atoms with Crippen LogP contribution in [0.2, 0.25) is 0 Å². The van der Waals surface area contributed by atoms with Crippen LogP contribution in [0.3, 0.4) is 0 Å². The van der Waals surface area contributed by atoms with E-state index < -0.39 is 0 Å². The van der Waals surface area contributed by atoms with Gasteiger partial charge >= 0.3 is 0 Å². The fourth-order valence-corrected chi connectivity index (χ4v) is 2.91. The highest BCUT2D eigenvalue weighted by Crippen LogP contribution is 2.45. The van der Waals surface area contributed by atoms with E-state index in [1.54, 1.807) is 0 Å². The van der Waals surface area contributed by atoms with E-state index in [0.29, 0.717) is 6.04 Å². The molecule has 1 heterocycles. The normalized spacial score (nSPS) is 19.8. The van der Waals surface area contributed by atoms with E-state index in [4.69, 9.17) is 4.98 Å². The SMILES string of the molecule is CC(C)(C)c1nc(Br)cc(NC(C2CC2)C2CC2)n1. The number of halogens is 1. The zero-order chi connectivity index (χ0) is 13.6. The molecule has 4 heteroatoms. The molecule has 2 saturated carbocycles. The number of nitrogens with zero attached hydrogens (tertiary/aromatic N) is 2. The van der Waals surface area contributed by atoms with Gasteiger partial charge in [-0.3, -0.25) is 0 Å². The molecule has 2 aliphatic rings. The van der Waals surface area contributed by atoms with E-state index in [1.807, 2.05) is 6.07 Å². The first-order valence-electron chi connectivity index (χ1n) is 7.25. The van der Waals surface area contributed by atoms with Gasteiger partial charge in [-0.1, -0.05) is 20.8 Å². The molecule has 1 aromatic heterocycles. The monoisotopic (exact) mass is 323 g/mol. The fraction of sp³-hybridized carbons (Fsp3) is 0.733. The first-order chi connectivity index (χ1) is 8.93. The molecule has 0 aliphatic heterocycles. The van der Waals surface area contributed by atoms with Crippen molar-refractivity contribution in [2.75, 3.05) is 5.32 Å². The highest BCUT2D eigenvalue weighted by atomic mass is 79.9. The van der Waals surface area contributed by atoms with Gasteiger partial charge in [0, 0.05) is 17.5 Å². The molecule has 19 heavy (non-hydrogen) atoms. The van der Waals surface area contributed by atoms with Crippen LogP contribution in [-0.4, -0.2) is 16.0 Å². The summed E-state index contributed by atoms with van der Waals surface area (Å²) in [5, 5.41) is 3.68. The van der Waals surface area contributed by atoms with Gasteiger partial charge in [-0.25, -0.2) is 9.97 Å². The lowest BCUT2D eigenvalue weighted by atomic mass is 9.96. The Morgan fingerprint density at radius 2 is 1.74 bits per heavy atom. The lowest BCUT2D eigenvalue weighted by Crippen LogP contribution is -2.26. The summed E-state index contributed by atoms with van der Waals surface area (Å²) in [5.74, 6) is 3.63. The molecule has 0 atom stereocenters. The van der Waals surface area contributed by atoms with Crippen molar-refractivity contribution in [2.45, 2.75) is 57.9 Å². The minimum absolute atomic E-state index is 0.0190. The van der Waals surface area contributed by atoms with Crippen LogP contribution < -0.4 is 5.32 Å². The minimum atomic E-state index is -0.0190. The summed E-state index contributed by atoms with van der Waals surface area (Å²) in [6.07, 6.45) is 5.53. The third-order valence-electron chi connectivity index (χ3n) is 3.94. The van der Waals surface area contributed by atoms with Crippen molar-refractivity contribution >= 4 is 21.7 Å². The molecular weight excluding hydrogens is 302 g/mol. The Morgan fingerprint density at radius 1 is 1.16 bits per heavy atom. The fourth-order valence-electron chi connectivity index (χ4n) is 2.53. The summed E-state index contributed by atoms with van der Waals surface area (Å²) in [6, 6.07) is 2.64. The molecule has 0 spiro atoms. The third-order valence-corrected chi connectivity index (χ3v) is 4.35. The van der Waals surface area contributed by atoms with E-state index in [-0.39, 0.29) is 5.41 Å². The summed E-state index contributed by atoms with van der Waals surface area (Å²) >= 11 is 3.51. The van der Waals surface area contributed by atoms with Crippen molar-refractivity contribution in [3.05, 3.63) is 16.5 Å². The summed E-state index contributed by atoms with van der Waals surface area (Å²) < 4.78 is 0.875. The number of nitrogens with one attached hydrogen (secondary N) is 1. The van der Waals surface area contributed by atoms with Crippen LogP contribution in [0.25, 0.3) is 0 Å². The Balaban J connectivity index is 1.81. The Hall–Kier alpha value is -0.640. The standard InChI is InChI=1S/C15H22BrN3/c1-15(2,3)14-17-11(16)8-12(19-14)18-13(9-4-5-9)10-6-7-10/h8-10,13H,4-7H2,1-3H3,(H,17,18,19). The molecule has 1 aromatic rings. The first kappa shape index (κ1) is 13.3. The molecule has 0 amide bonds. The number of rotatable bonds is 4. The predicted octanol–water partition coefficient (Wildman–Crippen LogP) is 4.14. The number of aromatic nitrogens is 2. The molecule has 1 N–H and O–H groups in total. The molecule has 0 radical (unpaired) electrons. The average Bonchev–Trinajstić information content (AvgIpc) is 3.16. The average molecular weight is 324 g/mol. The molecular formula is C15H22BrN3. The van der Waals surface area contributed by atoms with Crippen molar-refractivity contribution in [2.24, 2.45) is 11.8 Å². The maximum Gasteiger partial charge on any atom is 0.137 e. The van der Waals surface area contributed by atoms with Gasteiger partial charge in [-0.05, 0) is 53.4 Å². The molecule has 2 fully saturated rings. The number of hydrogen-bond donors (Lipinski definition) is 1. The lowest BCUT2D eigenvalue weighted by Gasteiger charge is -2.21. The Labute approximate surface area is 123 Å². The van der Waals surface area contributed by atoms with Crippen molar-refractivity contribution in [3.8, 4) is 0 Å². The first-order valence-corrected chi connectivity index (χ1v) is 8.04. The topological polar surface area (TPSA) is 37.8 Å². The van der Waals surface area contributed by atoms with Crippen LogP contribution in [0.5, 0.6) is 0 Å². The van der Waals surface area contributed by atoms with Gasteiger partial charge < -0.3 is 5.32 Å². The van der Waals surface area contributed by atoms with E-state index in [0.717, 1.165) is 28.1 Å². The second-order valence-corrected chi connectivity index (χ2v) is 7.81. The second-order valence-electron chi connectivity index (χ2n) is 6.99. The van der Waals surface area contributed by atoms with Crippen LogP contribution in [0.4, 0.5) is 5.82 Å². The summed E-state index contributed by atoms with van der Waals surface area (Å²) in [7, 11) is 0. The molecule has 0 bridgehead atoms. The molecule has 0 aromatic carbocycles. The van der Waals surface area contributed by atoms with Crippen LogP contribution >= 0.6 is 15.9 Å². The maximum absolute atomic E-state index is 4.71. The van der Waals surface area contributed by atoms with Crippen LogP contribution in [0, 0.1) is 11.8 Å². The van der Waals surface area contributed by atoms with E-state index in [1.165, 1.54) is 25.7 Å². The number of anilines is 1. The summed E-state index contributed by atoms with van der Waals surface area (Å²) in [4.78, 5) is 9.21. The lowest BCUT2D eigenvalue weighted by molar-refractivity contribution is 0.537. The molecule has 0 saturated heterocycles. The van der Waals surface area contributed by atoms with Crippen LogP contribution in [-0.2, 0) is 5.41 Å². The van der Waals surface area contributed by atoms with Crippen molar-refractivity contribution in [1.29, 1.82) is 0 Å². The van der Waals surface area contributed by atoms with Gasteiger partial charge in [0.15, 0.2) is 0 Å². The Bertz CT molecular complexity index is 461. The van der Waals surface area contributed by atoms with Gasteiger partial charge in [-0.2, -0.15) is 0 Å². The highest BCUT2D eigenvalue weighted by molar-refractivity contribution is 9.10. The molecule has 2 aliphatic carbocycles. The predicted molar refractivity (Wildman–Crippen MR) is 81.3 cm³/mol. The van der Waals surface area contributed by atoms with Gasteiger partial charge in [0.25, 0.3) is 0 Å². The molecule has 3 rings (SSSR count). The number of hydrogen-bond acceptors (Lipinski definition) is 3. The van der Waals surface area contributed by atoms with E-state index in [9.17, 15) is 0 Å². The van der Waals surface area contributed by atoms with Gasteiger partial charge in [0.2, 0.25) is 0 Å². The van der Waals surface area contributed by atoms with Crippen LogP contribution in [0.1, 0.15) is 52.3 Å². The zero-order valence-corrected chi connectivity index (χ0v) is 13.5. The van der Waals surface area contributed by atoms with Gasteiger partial charge in [-0.15, -0.1) is 0 Å². The maximum atomic E-state index is 4.71. The Kier molecular flexibility index (Phi) is 3.32. The van der Waals surface area contributed by atoms with Gasteiger partial charge in [0.05, 0.1) is 0 Å². The smallest absolute Gasteiger partial charge is 0.137 e. The molecule has 0 unspecified atom stereocenters. The Morgan fingerprint density at radius 3 is 2.21 bits per heavy atom. The van der Waals surface area contributed by atoms with Crippen molar-refractivity contribution < 1.29 is 0 Å². The molecule has 3 nitrogen and oxygen atoms in total. The van der Waals surface area contributed by atoms with Gasteiger partial charge in [0.1, 0.15) is 16.2 Å². The van der Waals surface area contributed by atoms with Crippen LogP contribution in [0.15, 0.2) is 10.7 Å². The van der Waals surface area contributed by atoms with Crippen molar-refractivity contribution in [3.63, 3.8) is 0 Å². The van der Waals surface area contributed by atoms with E-state index >= 15 is 0 Å².